The van der Waals surface area contributed by atoms with Crippen molar-refractivity contribution in [3.05, 3.63) is 11.8 Å². The van der Waals surface area contributed by atoms with E-state index in [1.54, 1.807) is 0 Å². The average Bonchev–Trinajstić information content (AvgIpc) is 2.15. The number of hydrogen-bond donors (Lipinski definition) is 1. The molecule has 4 nitrogen and oxygen atoms in total. The Morgan fingerprint density at radius 2 is 2.15 bits per heavy atom. The second kappa shape index (κ2) is 4.87. The number of ether oxygens (including phenoxy) is 1. The van der Waals surface area contributed by atoms with Crippen molar-refractivity contribution < 1.29 is 9.53 Å². The summed E-state index contributed by atoms with van der Waals surface area (Å²) in [6.07, 6.45) is 2.54. The summed E-state index contributed by atoms with van der Waals surface area (Å²) in [7, 11) is 0. The van der Waals surface area contributed by atoms with E-state index in [-0.39, 0.29) is 5.91 Å². The van der Waals surface area contributed by atoms with E-state index in [0.29, 0.717) is 12.0 Å². The van der Waals surface area contributed by atoms with Crippen LogP contribution in [0.15, 0.2) is 11.8 Å². The molecular weight excluding hydrogens is 168 g/mol. The smallest absolute Gasteiger partial charge is 0.246 e. The molecule has 1 fully saturated rings. The molecule has 0 bridgehead atoms. The maximum Gasteiger partial charge on any atom is 0.246 e. The number of nitrogens with zero attached hydrogens (tertiary/aromatic N) is 1. The van der Waals surface area contributed by atoms with E-state index in [2.05, 4.69) is 4.90 Å². The fourth-order valence-corrected chi connectivity index (χ4v) is 1.26. The number of nitrogens with two attached hydrogens (primary N) is 1. The minimum atomic E-state index is -0.325. The highest BCUT2D eigenvalue weighted by molar-refractivity contribution is 5.91. The predicted molar refractivity (Wildman–Crippen MR) is 50.0 cm³/mol. The maximum absolute atomic E-state index is 10.9. The van der Waals surface area contributed by atoms with Crippen LogP contribution >= 0.6 is 0 Å². The summed E-state index contributed by atoms with van der Waals surface area (Å²) >= 11 is 0. The van der Waals surface area contributed by atoms with Gasteiger partial charge in [-0.1, -0.05) is 6.92 Å². The molecule has 4 heteroatoms. The van der Waals surface area contributed by atoms with Crippen molar-refractivity contribution in [2.24, 2.45) is 5.73 Å². The number of carbonyl (C=O) groups is 1. The Hall–Kier alpha value is -1.03. The summed E-state index contributed by atoms with van der Waals surface area (Å²) in [4.78, 5) is 13.0. The normalized spacial score (nSPS) is 18.8. The van der Waals surface area contributed by atoms with Crippen LogP contribution in [0, 0.1) is 0 Å². The van der Waals surface area contributed by atoms with Gasteiger partial charge in [-0.3, -0.25) is 4.79 Å². The number of hydrogen-bond acceptors (Lipinski definition) is 3. The quantitative estimate of drug-likeness (QED) is 0.633. The second-order valence-electron chi connectivity index (χ2n) is 3.02. The van der Waals surface area contributed by atoms with Gasteiger partial charge < -0.3 is 15.4 Å². The first-order valence-corrected chi connectivity index (χ1v) is 4.56. The van der Waals surface area contributed by atoms with Crippen LogP contribution in [0.25, 0.3) is 0 Å². The maximum atomic E-state index is 10.9. The molecule has 2 N–H and O–H groups in total. The summed E-state index contributed by atoms with van der Waals surface area (Å²) in [5.74, 6) is -0.325. The molecule has 1 aliphatic heterocycles. The molecule has 0 unspecified atom stereocenters. The first kappa shape index (κ1) is 10.1. The standard InChI is InChI=1S/C9H16N2O2/c1-2-8(9(10)12)7-11-3-5-13-6-4-11/h7H,2-6H2,1H3,(H2,10,12). The van der Waals surface area contributed by atoms with Crippen LogP contribution in [-0.4, -0.2) is 37.1 Å². The van der Waals surface area contributed by atoms with Crippen molar-refractivity contribution in [2.75, 3.05) is 26.3 Å². The molecular formula is C9H16N2O2. The van der Waals surface area contributed by atoms with Gasteiger partial charge in [0.25, 0.3) is 0 Å². The lowest BCUT2D eigenvalue weighted by molar-refractivity contribution is -0.114. The fourth-order valence-electron chi connectivity index (χ4n) is 1.26. The van der Waals surface area contributed by atoms with Crippen molar-refractivity contribution >= 4 is 5.91 Å². The van der Waals surface area contributed by atoms with E-state index >= 15 is 0 Å². The van der Waals surface area contributed by atoms with Crippen LogP contribution in [0.4, 0.5) is 0 Å². The average molecular weight is 184 g/mol. The molecule has 0 saturated carbocycles. The van der Waals surface area contributed by atoms with E-state index in [1.165, 1.54) is 0 Å². The third-order valence-corrected chi connectivity index (χ3v) is 2.08. The highest BCUT2D eigenvalue weighted by Crippen LogP contribution is 2.04. The lowest BCUT2D eigenvalue weighted by Gasteiger charge is -2.25. The summed E-state index contributed by atoms with van der Waals surface area (Å²) in [5, 5.41) is 0. The van der Waals surface area contributed by atoms with Crippen LogP contribution in [0.3, 0.4) is 0 Å². The lowest BCUT2D eigenvalue weighted by Crippen LogP contribution is -2.33. The van der Waals surface area contributed by atoms with Gasteiger partial charge in [-0.2, -0.15) is 0 Å². The molecule has 74 valence electrons. The van der Waals surface area contributed by atoms with Gasteiger partial charge in [-0.25, -0.2) is 0 Å². The van der Waals surface area contributed by atoms with Gasteiger partial charge in [0, 0.05) is 24.9 Å². The molecule has 0 radical (unpaired) electrons. The topological polar surface area (TPSA) is 55.6 Å². The fraction of sp³-hybridized carbons (Fsp3) is 0.667. The molecule has 0 spiro atoms. The van der Waals surface area contributed by atoms with Crippen molar-refractivity contribution in [3.8, 4) is 0 Å². The first-order valence-electron chi connectivity index (χ1n) is 4.56. The zero-order valence-electron chi connectivity index (χ0n) is 7.95. The molecule has 1 amide bonds. The van der Waals surface area contributed by atoms with Crippen LogP contribution in [0.1, 0.15) is 13.3 Å². The van der Waals surface area contributed by atoms with Crippen molar-refractivity contribution in [1.29, 1.82) is 0 Å². The van der Waals surface area contributed by atoms with E-state index in [1.807, 2.05) is 13.1 Å². The Balaban J connectivity index is 2.54. The number of primary amides is 1. The lowest BCUT2D eigenvalue weighted by atomic mass is 10.2. The Morgan fingerprint density at radius 1 is 1.54 bits per heavy atom. The summed E-state index contributed by atoms with van der Waals surface area (Å²) in [6, 6.07) is 0. The molecule has 13 heavy (non-hydrogen) atoms. The molecule has 1 saturated heterocycles. The summed E-state index contributed by atoms with van der Waals surface area (Å²) < 4.78 is 5.19. The van der Waals surface area contributed by atoms with Gasteiger partial charge >= 0.3 is 0 Å². The number of amides is 1. The summed E-state index contributed by atoms with van der Waals surface area (Å²) in [6.45, 7) is 5.07. The molecule has 0 atom stereocenters. The molecule has 1 heterocycles. The van der Waals surface area contributed by atoms with Crippen LogP contribution in [0.2, 0.25) is 0 Å². The third-order valence-electron chi connectivity index (χ3n) is 2.08. The monoisotopic (exact) mass is 184 g/mol. The van der Waals surface area contributed by atoms with E-state index < -0.39 is 0 Å². The van der Waals surface area contributed by atoms with Crippen LogP contribution in [-0.2, 0) is 9.53 Å². The molecule has 0 aromatic rings. The van der Waals surface area contributed by atoms with Crippen molar-refractivity contribution in [2.45, 2.75) is 13.3 Å². The number of carbonyl (C=O) groups excluding carboxylic acids is 1. The zero-order chi connectivity index (χ0) is 9.68. The Labute approximate surface area is 78.3 Å². The SMILES string of the molecule is CCC(=CN1CCOCC1)C(N)=O. The minimum absolute atomic E-state index is 0.325. The van der Waals surface area contributed by atoms with Gasteiger partial charge in [-0.05, 0) is 6.42 Å². The number of morpholine rings is 1. The predicted octanol–water partition coefficient (Wildman–Crippen LogP) is 0.0978. The second-order valence-corrected chi connectivity index (χ2v) is 3.02. The molecule has 1 aliphatic rings. The van der Waals surface area contributed by atoms with Gasteiger partial charge in [-0.15, -0.1) is 0 Å². The highest BCUT2D eigenvalue weighted by Gasteiger charge is 2.09. The van der Waals surface area contributed by atoms with Gasteiger partial charge in [0.2, 0.25) is 5.91 Å². The van der Waals surface area contributed by atoms with E-state index in [9.17, 15) is 4.79 Å². The van der Waals surface area contributed by atoms with E-state index in [0.717, 1.165) is 26.3 Å². The van der Waals surface area contributed by atoms with E-state index in [4.69, 9.17) is 10.5 Å². The molecule has 0 aromatic heterocycles. The Kier molecular flexibility index (Phi) is 3.76. The first-order chi connectivity index (χ1) is 6.24. The van der Waals surface area contributed by atoms with Crippen molar-refractivity contribution in [3.63, 3.8) is 0 Å². The largest absolute Gasteiger partial charge is 0.378 e. The third kappa shape index (κ3) is 3.06. The Bertz CT molecular complexity index is 208. The number of rotatable bonds is 3. The van der Waals surface area contributed by atoms with Crippen LogP contribution < -0.4 is 5.73 Å². The molecule has 1 rings (SSSR count). The van der Waals surface area contributed by atoms with Gasteiger partial charge in [0.15, 0.2) is 0 Å². The summed E-state index contributed by atoms with van der Waals surface area (Å²) in [5.41, 5.74) is 5.88. The highest BCUT2D eigenvalue weighted by atomic mass is 16.5. The zero-order valence-corrected chi connectivity index (χ0v) is 7.95. The Morgan fingerprint density at radius 3 is 2.62 bits per heavy atom. The van der Waals surface area contributed by atoms with Gasteiger partial charge in [0.1, 0.15) is 0 Å². The minimum Gasteiger partial charge on any atom is -0.378 e. The van der Waals surface area contributed by atoms with Crippen LogP contribution in [0.5, 0.6) is 0 Å². The molecule has 0 aromatic carbocycles. The molecule has 0 aliphatic carbocycles. The van der Waals surface area contributed by atoms with Crippen molar-refractivity contribution in [1.82, 2.24) is 4.90 Å². The van der Waals surface area contributed by atoms with Gasteiger partial charge in [0.05, 0.1) is 13.2 Å².